The number of ketones is 1. The summed E-state index contributed by atoms with van der Waals surface area (Å²) in [5, 5.41) is 0. The predicted octanol–water partition coefficient (Wildman–Crippen LogP) is 6.79. The van der Waals surface area contributed by atoms with E-state index in [1.165, 1.54) is 28.8 Å². The normalized spacial score (nSPS) is 11.6. The van der Waals surface area contributed by atoms with Gasteiger partial charge < -0.3 is 119 Å². The van der Waals surface area contributed by atoms with Crippen LogP contribution in [0.3, 0.4) is 0 Å². The van der Waals surface area contributed by atoms with Gasteiger partial charge in [-0.25, -0.2) is 27.8 Å². The summed E-state index contributed by atoms with van der Waals surface area (Å²) >= 11 is 0. The van der Waals surface area contributed by atoms with Gasteiger partial charge in [0.1, 0.15) is 63.8 Å². The van der Waals surface area contributed by atoms with Gasteiger partial charge in [-0.2, -0.15) is 0 Å². The van der Waals surface area contributed by atoms with Crippen LogP contribution in [0.15, 0.2) is 398 Å². The van der Waals surface area contributed by atoms with E-state index in [9.17, 15) is 14.4 Å². The summed E-state index contributed by atoms with van der Waals surface area (Å²) in [7, 11) is 31.6. The van der Waals surface area contributed by atoms with Gasteiger partial charge in [0.05, 0.1) is 0 Å². The number of hydrogen-bond donors (Lipinski definition) is 0. The fraction of sp³-hybridized carbons (Fsp3) is 0.170. The molecule has 4 aliphatic rings. The van der Waals surface area contributed by atoms with Gasteiger partial charge in [-0.3, -0.25) is 14.4 Å². The molecule has 718 valence electrons. The van der Waals surface area contributed by atoms with E-state index in [1.54, 1.807) is 13.0 Å². The van der Waals surface area contributed by atoms with Gasteiger partial charge in [-0.1, -0.05) is 103 Å². The minimum Gasteiger partial charge on any atom is -1.00 e. The number of carbonyl (C=O) groups excluding carboxylic acids is 3. The van der Waals surface area contributed by atoms with Crippen LogP contribution in [0.5, 0.6) is 0 Å². The number of Topliss-reactive ketones (excluding diaryl/α,β-unsaturated/α-hetero) is 1. The molecule has 0 spiro atoms. The number of rotatable bonds is 20. The van der Waals surface area contributed by atoms with E-state index >= 15 is 0 Å². The maximum atomic E-state index is 10.9. The number of anilines is 7. The van der Waals surface area contributed by atoms with E-state index < -0.39 is 10.2 Å². The molecule has 25 heteroatoms. The molecule has 0 fully saturated rings. The molecule has 0 bridgehead atoms. The van der Waals surface area contributed by atoms with Crippen molar-refractivity contribution in [1.29, 1.82) is 0 Å². The zero-order valence-electron chi connectivity index (χ0n) is 83.6. The van der Waals surface area contributed by atoms with Crippen molar-refractivity contribution in [2.24, 2.45) is 0 Å². The third kappa shape index (κ3) is 51.6. The van der Waals surface area contributed by atoms with Gasteiger partial charge in [-0.15, -0.1) is 76.0 Å². The smallest absolute Gasteiger partial charge is 1.00 e. The summed E-state index contributed by atoms with van der Waals surface area (Å²) in [5.74, 6) is 3.46. The molecule has 0 radical (unpaired) electrons. The van der Waals surface area contributed by atoms with Crippen LogP contribution in [-0.4, -0.2) is 166 Å². The molecular formula is C112H135ClI2N9Na2O9S2-. The number of ether oxygens (including phenoxy) is 2. The Morgan fingerprint density at radius 1 is 0.307 bits per heavy atom. The third-order valence-electron chi connectivity index (χ3n) is 18.8. The number of benzene rings is 8. The van der Waals surface area contributed by atoms with E-state index in [0.29, 0.717) is 5.56 Å². The molecule has 0 saturated heterocycles. The van der Waals surface area contributed by atoms with Gasteiger partial charge >= 0.3 is 59.1 Å². The Kier molecular flexibility index (Phi) is 73.3. The minimum atomic E-state index is -4.94. The second-order valence-electron chi connectivity index (χ2n) is 30.0. The summed E-state index contributed by atoms with van der Waals surface area (Å²) in [6, 6.07) is 65.3. The number of aldehydes is 2. The molecule has 2 aliphatic heterocycles. The van der Waals surface area contributed by atoms with E-state index in [2.05, 4.69) is 364 Å². The molecule has 0 aromatic heterocycles. The second kappa shape index (κ2) is 74.5. The largest absolute Gasteiger partial charge is 1.00 e. The van der Waals surface area contributed by atoms with Crippen molar-refractivity contribution in [3.63, 3.8) is 0 Å². The SMILES string of the molecule is C=C.C=C.C=C.C=C.C=C.CC(=O)c1ccc(N(C)C)cc1.CN(C)c1ccc(/C=C/C=O)cc1.CN(C)c1ccc(/C=C/c2ccc(C=O)cc2)cc1.CN(C)c1ccc(C2=CC(=CC=C3C=CC(=[N+](C)C)C=C3)C=C(c3ccc(N(C)C)cc3)O2)cc1.CN(C)c1ccc(C2=CC(=CC=CC=C3C=CC(=[N+](C)C)C=C3)C=C(c3ccc(N(C)C)cc3)O2)cc1.[I-].[I-].[Na+].[Na+].[O-][Cl+3]([O-])([O-])[O-].[SH-].[SH-]. The average Bonchev–Trinajstić information content (AvgIpc) is 0.809. The van der Waals surface area contributed by atoms with E-state index in [-0.39, 0.29) is 140 Å². The monoisotopic (exact) mass is 2150 g/mol. The van der Waals surface area contributed by atoms with Crippen LogP contribution in [0.1, 0.15) is 66.6 Å². The molecule has 0 atom stereocenters. The first-order valence-corrected chi connectivity index (χ1v) is 42.8. The Balaban J connectivity index is -0.000000532. The third-order valence-corrected chi connectivity index (χ3v) is 18.8. The molecule has 8 aromatic rings. The zero-order valence-corrected chi connectivity index (χ0v) is 94.5. The summed E-state index contributed by atoms with van der Waals surface area (Å²) in [6.45, 7) is 31.6. The number of thiol groups is 2. The van der Waals surface area contributed by atoms with Gasteiger partial charge in [-0.05, 0) is 246 Å². The maximum Gasteiger partial charge on any atom is 1.00 e. The number of halogens is 3. The van der Waals surface area contributed by atoms with E-state index in [4.69, 9.17) is 28.1 Å². The molecule has 2 aliphatic carbocycles. The molecule has 12 rings (SSSR count). The van der Waals surface area contributed by atoms with Crippen molar-refractivity contribution >= 4 is 138 Å². The Hall–Kier alpha value is -10.6. The van der Waals surface area contributed by atoms with Gasteiger partial charge in [0.2, 0.25) is 0 Å². The van der Waals surface area contributed by atoms with E-state index in [0.717, 1.165) is 131 Å². The molecule has 0 saturated carbocycles. The van der Waals surface area contributed by atoms with Crippen molar-refractivity contribution in [1.82, 2.24) is 0 Å². The Morgan fingerprint density at radius 2 is 0.511 bits per heavy atom. The van der Waals surface area contributed by atoms with Crippen LogP contribution in [0.4, 0.5) is 39.8 Å². The first kappa shape index (κ1) is 135. The van der Waals surface area contributed by atoms with Crippen LogP contribution >= 0.6 is 0 Å². The van der Waals surface area contributed by atoms with Crippen LogP contribution in [0.2, 0.25) is 0 Å². The zero-order chi connectivity index (χ0) is 98.3. The summed E-state index contributed by atoms with van der Waals surface area (Å²) in [5.41, 5.74) is 23.9. The maximum absolute atomic E-state index is 10.9. The second-order valence-corrected chi connectivity index (χ2v) is 30.7. The quantitative estimate of drug-likeness (QED) is 0.00740. The molecule has 137 heavy (non-hydrogen) atoms. The molecular weight excluding hydrogens is 2010 g/mol. The van der Waals surface area contributed by atoms with Crippen molar-refractivity contribution in [3.8, 4) is 0 Å². The Labute approximate surface area is 913 Å². The van der Waals surface area contributed by atoms with Crippen LogP contribution in [-0.2, 0) is 41.3 Å². The topological polar surface area (TPSA) is 191 Å². The van der Waals surface area contributed by atoms with Crippen molar-refractivity contribution in [2.45, 2.75) is 6.92 Å². The number of allylic oxidation sites excluding steroid dienone is 23. The van der Waals surface area contributed by atoms with Gasteiger partial charge in [0.15, 0.2) is 17.2 Å². The summed E-state index contributed by atoms with van der Waals surface area (Å²) < 4.78 is 51.0. The molecule has 0 N–H and O–H groups in total. The molecule has 18 nitrogen and oxygen atoms in total. The van der Waals surface area contributed by atoms with E-state index in [1.807, 2.05) is 187 Å². The minimum absolute atomic E-state index is 0. The Morgan fingerprint density at radius 3 is 0.745 bits per heavy atom. The van der Waals surface area contributed by atoms with Crippen molar-refractivity contribution in [2.75, 3.05) is 161 Å². The number of carbonyl (C=O) groups is 3. The standard InChI is InChI=1S/C33H36N3O.C31H34N3O.C17H17NO.C11H13NO.C10H13NO.5C2H4.ClHO4.2HI.2Na.2H2S/c1-34(2)29-17-11-25(12-18-29)9-7-8-10-26-23-32(27-13-19-30(20-14-27)35(3)4)37-33(24-26)28-15-21-31(22-16-28)36(5)6;1-32(2)27-15-9-23(10-16-27)7-8-24-21-30(25-11-17-28(18-12-25)33(3)4)35-31(22-24)26-13-19-29(20-14-26)34(5)6;1-18(2)17-11-9-15(10-12-17)4-3-14-5-7-16(13-19)8-6-14;1-12(2)11-7-5-10(6-8-11)4-3-9-13;1-8(12)9-4-6-10(7-5-9)11(2)3;5*1-2;2-1(3,4)5;;;;;;/h7-24H,1-6H3;7-22H,1-6H3;3-13H,1-2H3;3-9H,1-2H3;4-7H,1-3H3;5*1-2H2;(H,2,3,4,5);2*1H;;;2*1H2/q2*+1;;;;;;;;;;;;2*+1;;/p-5/b;;2*4-3+;;;;;;;;;;;;;. The predicted molar refractivity (Wildman–Crippen MR) is 571 cm³/mol. The molecule has 0 amide bonds. The van der Waals surface area contributed by atoms with Gasteiger partial charge in [0.25, 0.3) is 0 Å². The van der Waals surface area contributed by atoms with Gasteiger partial charge in [0, 0.05) is 196 Å². The average molecular weight is 2150 g/mol. The van der Waals surface area contributed by atoms with Crippen molar-refractivity contribution < 1.29 is 169 Å². The first-order valence-electron chi connectivity index (χ1n) is 41.6. The number of nitrogens with zero attached hydrogens (tertiary/aromatic N) is 9. The Bertz CT molecular complexity index is 5290. The summed E-state index contributed by atoms with van der Waals surface area (Å²) in [4.78, 5) is 46.0. The molecule has 8 aromatic carbocycles. The van der Waals surface area contributed by atoms with Crippen LogP contribution < -0.4 is 160 Å². The van der Waals surface area contributed by atoms with Crippen molar-refractivity contribution in [3.05, 3.63) is 448 Å². The van der Waals surface area contributed by atoms with Crippen LogP contribution in [0, 0.1) is 10.2 Å². The molecule has 2 heterocycles. The number of hydrogen-bond acceptors (Lipinski definition) is 18. The molecule has 0 unspecified atom stereocenters. The fourth-order valence-electron chi connectivity index (χ4n) is 11.6. The fourth-order valence-corrected chi connectivity index (χ4v) is 11.6. The summed E-state index contributed by atoms with van der Waals surface area (Å²) in [6.07, 6.45) is 47.2. The van der Waals surface area contributed by atoms with Crippen LogP contribution in [0.25, 0.3) is 41.3 Å². The first-order chi connectivity index (χ1) is 62.6.